The molecule has 7 nitrogen and oxygen atoms in total. The zero-order valence-corrected chi connectivity index (χ0v) is 19.2. The Balaban J connectivity index is 1.57. The number of fused-ring (bicyclic) bond motifs is 1. The highest BCUT2D eigenvalue weighted by Crippen LogP contribution is 2.30. The quantitative estimate of drug-likeness (QED) is 0.574. The summed E-state index contributed by atoms with van der Waals surface area (Å²) in [5.41, 5.74) is 2.19. The highest BCUT2D eigenvalue weighted by atomic mass is 16.5. The van der Waals surface area contributed by atoms with E-state index in [1.165, 1.54) is 0 Å². The second-order valence-electron chi connectivity index (χ2n) is 8.99. The number of nitrogens with zero attached hydrogens (tertiary/aromatic N) is 2. The number of carboxylic acid groups (broad SMARTS) is 1. The summed E-state index contributed by atoms with van der Waals surface area (Å²) < 4.78 is 5.14. The fourth-order valence-corrected chi connectivity index (χ4v) is 4.61. The van der Waals surface area contributed by atoms with Gasteiger partial charge in [-0.1, -0.05) is 26.0 Å². The molecule has 0 bridgehead atoms. The van der Waals surface area contributed by atoms with Gasteiger partial charge in [0.15, 0.2) is 0 Å². The number of methoxy groups -OCH3 is 1. The number of rotatable bonds is 6. The summed E-state index contributed by atoms with van der Waals surface area (Å²) in [4.78, 5) is 31.5. The van der Waals surface area contributed by atoms with Crippen molar-refractivity contribution in [1.29, 1.82) is 0 Å². The Morgan fingerprint density at radius 2 is 1.79 bits per heavy atom. The number of hydrogen-bond donors (Lipinski definition) is 2. The number of aromatic carboxylic acids is 1. The Morgan fingerprint density at radius 3 is 2.42 bits per heavy atom. The fourth-order valence-electron chi connectivity index (χ4n) is 4.61. The van der Waals surface area contributed by atoms with Crippen molar-refractivity contribution in [3.05, 3.63) is 59.7 Å². The monoisotopic (exact) mass is 447 g/mol. The van der Waals surface area contributed by atoms with Crippen LogP contribution < -0.4 is 15.0 Å². The van der Waals surface area contributed by atoms with E-state index >= 15 is 0 Å². The maximum atomic E-state index is 12.5. The number of amides is 1. The van der Waals surface area contributed by atoms with E-state index in [-0.39, 0.29) is 17.9 Å². The molecule has 1 aliphatic heterocycles. The minimum atomic E-state index is -1.01. The number of aromatic nitrogens is 1. The second-order valence-corrected chi connectivity index (χ2v) is 8.99. The van der Waals surface area contributed by atoms with Crippen molar-refractivity contribution < 1.29 is 19.4 Å². The Labute approximate surface area is 193 Å². The minimum Gasteiger partial charge on any atom is -0.497 e. The van der Waals surface area contributed by atoms with Crippen LogP contribution in [-0.4, -0.2) is 42.2 Å². The highest BCUT2D eigenvalue weighted by molar-refractivity contribution is 6.05. The first-order valence-electron chi connectivity index (χ1n) is 11.2. The molecule has 33 heavy (non-hydrogen) atoms. The Hall–Kier alpha value is -3.61. The summed E-state index contributed by atoms with van der Waals surface area (Å²) in [6.45, 7) is 6.15. The summed E-state index contributed by atoms with van der Waals surface area (Å²) in [6, 6.07) is 14.2. The number of carboxylic acids is 1. The average Bonchev–Trinajstić information content (AvgIpc) is 2.78. The van der Waals surface area contributed by atoms with Crippen LogP contribution in [0.5, 0.6) is 5.75 Å². The number of ether oxygens (including phenoxy) is 1. The Bertz CT molecular complexity index is 1170. The standard InChI is InChI=1S/C26H29N3O4/c1-16-10-17(2)15-29(14-16)24-13-22(26(31)32)21-12-19(6-9-23(21)28-24)27-25(30)11-18-4-7-20(33-3)8-5-18/h4-9,12-13,16-17H,10-11,14-15H2,1-3H3,(H,27,30)(H,31,32)/t16-,17-/m0/s1. The van der Waals surface area contributed by atoms with E-state index in [0.717, 1.165) is 30.8 Å². The molecule has 1 fully saturated rings. The zero-order chi connectivity index (χ0) is 23.5. The van der Waals surface area contributed by atoms with E-state index in [0.29, 0.717) is 34.2 Å². The number of carbonyl (C=O) groups is 2. The van der Waals surface area contributed by atoms with E-state index in [1.54, 1.807) is 31.4 Å². The normalized spacial score (nSPS) is 18.2. The van der Waals surface area contributed by atoms with Crippen LogP contribution in [0.25, 0.3) is 10.9 Å². The van der Waals surface area contributed by atoms with Crippen LogP contribution in [0.1, 0.15) is 36.2 Å². The predicted octanol–water partition coefficient (Wildman–Crippen LogP) is 4.61. The molecule has 3 aromatic rings. The molecule has 2 N–H and O–H groups in total. The van der Waals surface area contributed by atoms with Gasteiger partial charge < -0.3 is 20.1 Å². The third-order valence-corrected chi connectivity index (χ3v) is 6.03. The summed E-state index contributed by atoms with van der Waals surface area (Å²) in [6.07, 6.45) is 1.37. The van der Waals surface area contributed by atoms with Gasteiger partial charge in [0.2, 0.25) is 5.91 Å². The molecule has 1 aliphatic rings. The summed E-state index contributed by atoms with van der Waals surface area (Å²) in [5.74, 6) is 1.29. The number of pyridine rings is 1. The zero-order valence-electron chi connectivity index (χ0n) is 19.2. The molecule has 0 saturated carbocycles. The molecule has 2 aromatic carbocycles. The van der Waals surface area contributed by atoms with Crippen LogP contribution in [0.4, 0.5) is 11.5 Å². The van der Waals surface area contributed by atoms with Gasteiger partial charge in [-0.05, 0) is 60.2 Å². The molecule has 2 heterocycles. The molecule has 172 valence electrons. The molecule has 1 saturated heterocycles. The molecule has 4 rings (SSSR count). The lowest BCUT2D eigenvalue weighted by atomic mass is 9.92. The smallest absolute Gasteiger partial charge is 0.336 e. The van der Waals surface area contributed by atoms with Crippen molar-refractivity contribution in [2.45, 2.75) is 26.7 Å². The first kappa shape index (κ1) is 22.6. The summed E-state index contributed by atoms with van der Waals surface area (Å²) in [7, 11) is 1.60. The molecule has 0 spiro atoms. The number of carbonyl (C=O) groups excluding carboxylic acids is 1. The lowest BCUT2D eigenvalue weighted by Gasteiger charge is -2.36. The molecule has 0 radical (unpaired) electrons. The summed E-state index contributed by atoms with van der Waals surface area (Å²) in [5, 5.41) is 13.2. The van der Waals surface area contributed by atoms with Gasteiger partial charge in [-0.3, -0.25) is 4.79 Å². The van der Waals surface area contributed by atoms with Gasteiger partial charge in [0.25, 0.3) is 0 Å². The molecule has 1 amide bonds. The van der Waals surface area contributed by atoms with Crippen molar-refractivity contribution in [2.75, 3.05) is 30.4 Å². The molecule has 1 aromatic heterocycles. The minimum absolute atomic E-state index is 0.183. The molecular formula is C26H29N3O4. The Morgan fingerprint density at radius 1 is 1.09 bits per heavy atom. The van der Waals surface area contributed by atoms with Gasteiger partial charge in [-0.15, -0.1) is 0 Å². The number of benzene rings is 2. The topological polar surface area (TPSA) is 91.8 Å². The van der Waals surface area contributed by atoms with E-state index in [4.69, 9.17) is 9.72 Å². The van der Waals surface area contributed by atoms with Crippen molar-refractivity contribution in [3.8, 4) is 5.75 Å². The third kappa shape index (κ3) is 5.25. The number of piperidine rings is 1. The third-order valence-electron chi connectivity index (χ3n) is 6.03. The van der Waals surface area contributed by atoms with Crippen LogP contribution in [0.3, 0.4) is 0 Å². The highest BCUT2D eigenvalue weighted by Gasteiger charge is 2.24. The fraction of sp³-hybridized carbons (Fsp3) is 0.346. The van der Waals surface area contributed by atoms with Crippen molar-refractivity contribution in [1.82, 2.24) is 4.98 Å². The van der Waals surface area contributed by atoms with Crippen LogP contribution in [-0.2, 0) is 11.2 Å². The van der Waals surface area contributed by atoms with Gasteiger partial charge in [-0.25, -0.2) is 9.78 Å². The van der Waals surface area contributed by atoms with Crippen molar-refractivity contribution >= 4 is 34.3 Å². The lowest BCUT2D eigenvalue weighted by Crippen LogP contribution is -2.39. The van der Waals surface area contributed by atoms with E-state index in [2.05, 4.69) is 24.1 Å². The second kappa shape index (κ2) is 9.48. The first-order chi connectivity index (χ1) is 15.8. The first-order valence-corrected chi connectivity index (χ1v) is 11.2. The molecule has 0 aliphatic carbocycles. The van der Waals surface area contributed by atoms with Gasteiger partial charge in [-0.2, -0.15) is 0 Å². The van der Waals surface area contributed by atoms with E-state index in [1.807, 2.05) is 24.3 Å². The number of hydrogen-bond acceptors (Lipinski definition) is 5. The summed E-state index contributed by atoms with van der Waals surface area (Å²) >= 11 is 0. The van der Waals surface area contributed by atoms with Gasteiger partial charge >= 0.3 is 5.97 Å². The SMILES string of the molecule is COc1ccc(CC(=O)Nc2ccc3nc(N4C[C@@H](C)C[C@H](C)C4)cc(C(=O)O)c3c2)cc1. The van der Waals surface area contributed by atoms with Gasteiger partial charge in [0.1, 0.15) is 11.6 Å². The van der Waals surface area contributed by atoms with Gasteiger partial charge in [0.05, 0.1) is 24.6 Å². The van der Waals surface area contributed by atoms with E-state index in [9.17, 15) is 14.7 Å². The van der Waals surface area contributed by atoms with Gasteiger partial charge in [0, 0.05) is 24.2 Å². The molecular weight excluding hydrogens is 418 g/mol. The van der Waals surface area contributed by atoms with Crippen LogP contribution in [0.2, 0.25) is 0 Å². The maximum absolute atomic E-state index is 12.5. The Kier molecular flexibility index (Phi) is 6.49. The molecule has 2 atom stereocenters. The average molecular weight is 448 g/mol. The molecule has 0 unspecified atom stereocenters. The number of nitrogens with one attached hydrogen (secondary N) is 1. The largest absolute Gasteiger partial charge is 0.497 e. The van der Waals surface area contributed by atoms with Crippen molar-refractivity contribution in [2.24, 2.45) is 11.8 Å². The maximum Gasteiger partial charge on any atom is 0.336 e. The van der Waals surface area contributed by atoms with E-state index < -0.39 is 5.97 Å². The van der Waals surface area contributed by atoms with Crippen molar-refractivity contribution in [3.63, 3.8) is 0 Å². The lowest BCUT2D eigenvalue weighted by molar-refractivity contribution is -0.115. The van der Waals surface area contributed by atoms with Crippen LogP contribution >= 0.6 is 0 Å². The van der Waals surface area contributed by atoms with Crippen LogP contribution in [0.15, 0.2) is 48.5 Å². The molecule has 7 heteroatoms. The predicted molar refractivity (Wildman–Crippen MR) is 129 cm³/mol. The van der Waals surface area contributed by atoms with Crippen LogP contribution in [0, 0.1) is 11.8 Å². The number of anilines is 2.